The summed E-state index contributed by atoms with van der Waals surface area (Å²) in [6, 6.07) is 7.51. The summed E-state index contributed by atoms with van der Waals surface area (Å²) in [7, 11) is 0. The second kappa shape index (κ2) is 6.30. The van der Waals surface area contributed by atoms with Gasteiger partial charge in [-0.05, 0) is 20.3 Å². The fourth-order valence-electron chi connectivity index (χ4n) is 2.01. The number of hydrogen-bond donors (Lipinski definition) is 1. The number of hydrogen-bond acceptors (Lipinski definition) is 5. The maximum Gasteiger partial charge on any atom is 0.316 e. The van der Waals surface area contributed by atoms with Crippen molar-refractivity contribution in [2.75, 3.05) is 11.9 Å². The lowest BCUT2D eigenvalue weighted by atomic mass is 10.1. The first-order chi connectivity index (χ1) is 10.0. The van der Waals surface area contributed by atoms with Crippen LogP contribution in [0.1, 0.15) is 24.6 Å². The molecule has 0 spiro atoms. The lowest BCUT2D eigenvalue weighted by Gasteiger charge is -2.09. The van der Waals surface area contributed by atoms with Gasteiger partial charge in [0.05, 0.1) is 4.92 Å². The molecule has 1 heterocycles. The smallest absolute Gasteiger partial charge is 0.316 e. The van der Waals surface area contributed by atoms with Gasteiger partial charge in [-0.1, -0.05) is 36.8 Å². The quantitative estimate of drug-likeness (QED) is 0.672. The summed E-state index contributed by atoms with van der Waals surface area (Å²) in [4.78, 5) is 19.4. The van der Waals surface area contributed by atoms with Crippen LogP contribution in [-0.4, -0.2) is 21.4 Å². The van der Waals surface area contributed by atoms with Gasteiger partial charge in [-0.3, -0.25) is 10.1 Å². The molecule has 1 aromatic carbocycles. The van der Waals surface area contributed by atoms with Crippen molar-refractivity contribution in [2.45, 2.75) is 27.2 Å². The van der Waals surface area contributed by atoms with Crippen molar-refractivity contribution in [3.05, 3.63) is 45.6 Å². The Morgan fingerprint density at radius 3 is 2.43 bits per heavy atom. The summed E-state index contributed by atoms with van der Waals surface area (Å²) in [5, 5.41) is 14.4. The van der Waals surface area contributed by atoms with Gasteiger partial charge in [0.1, 0.15) is 5.69 Å². The minimum Gasteiger partial charge on any atom is -0.354 e. The van der Waals surface area contributed by atoms with E-state index in [4.69, 9.17) is 0 Å². The third kappa shape index (κ3) is 3.34. The predicted molar refractivity (Wildman–Crippen MR) is 82.4 cm³/mol. The van der Waals surface area contributed by atoms with E-state index in [1.54, 1.807) is 6.92 Å². The molecule has 0 saturated heterocycles. The van der Waals surface area contributed by atoms with Crippen molar-refractivity contribution in [1.29, 1.82) is 0 Å². The molecule has 2 rings (SSSR count). The molecule has 0 aliphatic heterocycles. The van der Waals surface area contributed by atoms with Crippen LogP contribution < -0.4 is 5.32 Å². The first-order valence-corrected chi connectivity index (χ1v) is 6.87. The minimum absolute atomic E-state index is 0.0408. The second-order valence-corrected chi connectivity index (χ2v) is 4.88. The molecule has 0 aliphatic rings. The van der Waals surface area contributed by atoms with Crippen LogP contribution in [0.4, 0.5) is 11.6 Å². The number of nitrogens with zero attached hydrogens (tertiary/aromatic N) is 3. The van der Waals surface area contributed by atoms with Crippen LogP contribution in [0.3, 0.4) is 0 Å². The molecule has 1 aromatic heterocycles. The lowest BCUT2D eigenvalue weighted by Crippen LogP contribution is -2.08. The summed E-state index contributed by atoms with van der Waals surface area (Å²) < 4.78 is 0. The first-order valence-electron chi connectivity index (χ1n) is 6.87. The molecule has 0 saturated carbocycles. The van der Waals surface area contributed by atoms with Gasteiger partial charge in [-0.25, -0.2) is 9.97 Å². The van der Waals surface area contributed by atoms with Crippen LogP contribution in [0.15, 0.2) is 24.3 Å². The highest BCUT2D eigenvalue weighted by molar-refractivity contribution is 5.72. The Morgan fingerprint density at radius 1 is 1.19 bits per heavy atom. The fourth-order valence-corrected chi connectivity index (χ4v) is 2.01. The molecule has 0 aliphatic carbocycles. The van der Waals surface area contributed by atoms with Crippen molar-refractivity contribution in [3.8, 4) is 11.3 Å². The van der Waals surface area contributed by atoms with Gasteiger partial charge in [0.25, 0.3) is 0 Å². The highest BCUT2D eigenvalue weighted by atomic mass is 16.6. The van der Waals surface area contributed by atoms with Gasteiger partial charge in [-0.2, -0.15) is 0 Å². The predicted octanol–water partition coefficient (Wildman–Crippen LogP) is 3.49. The topological polar surface area (TPSA) is 81.0 Å². The largest absolute Gasteiger partial charge is 0.354 e. The van der Waals surface area contributed by atoms with Crippen LogP contribution in [0.2, 0.25) is 0 Å². The molecule has 0 unspecified atom stereocenters. The van der Waals surface area contributed by atoms with E-state index in [2.05, 4.69) is 15.3 Å². The molecule has 1 N–H and O–H groups in total. The second-order valence-electron chi connectivity index (χ2n) is 4.88. The Morgan fingerprint density at radius 2 is 1.86 bits per heavy atom. The zero-order valence-electron chi connectivity index (χ0n) is 12.4. The standard InChI is InChI=1S/C15H18N4O2/c1-4-9-16-15-17-11(3)14(19(20)21)13(18-15)12-7-5-10(2)6-8-12/h5-8H,4,9H2,1-3H3,(H,16,17,18). The van der Waals surface area contributed by atoms with Crippen molar-refractivity contribution in [1.82, 2.24) is 9.97 Å². The van der Waals surface area contributed by atoms with E-state index < -0.39 is 4.92 Å². The SMILES string of the molecule is CCCNc1nc(C)c([N+](=O)[O-])c(-c2ccc(C)cc2)n1. The van der Waals surface area contributed by atoms with E-state index in [9.17, 15) is 10.1 Å². The summed E-state index contributed by atoms with van der Waals surface area (Å²) in [6.45, 7) is 6.36. The maximum absolute atomic E-state index is 11.3. The highest BCUT2D eigenvalue weighted by Crippen LogP contribution is 2.31. The molecular weight excluding hydrogens is 268 g/mol. The summed E-state index contributed by atoms with van der Waals surface area (Å²) >= 11 is 0. The van der Waals surface area contributed by atoms with Crippen molar-refractivity contribution >= 4 is 11.6 Å². The van der Waals surface area contributed by atoms with Gasteiger partial charge in [0.2, 0.25) is 5.95 Å². The minimum atomic E-state index is -0.422. The Bertz CT molecular complexity index is 653. The zero-order valence-corrected chi connectivity index (χ0v) is 12.4. The average molecular weight is 286 g/mol. The normalized spacial score (nSPS) is 10.4. The van der Waals surface area contributed by atoms with Crippen LogP contribution in [-0.2, 0) is 0 Å². The Labute approximate surface area is 123 Å². The van der Waals surface area contributed by atoms with E-state index in [-0.39, 0.29) is 5.69 Å². The number of nitro groups is 1. The molecule has 110 valence electrons. The Hall–Kier alpha value is -2.50. The van der Waals surface area contributed by atoms with Crippen LogP contribution >= 0.6 is 0 Å². The highest BCUT2D eigenvalue weighted by Gasteiger charge is 2.23. The molecular formula is C15H18N4O2. The van der Waals surface area contributed by atoms with Gasteiger partial charge >= 0.3 is 5.69 Å². The van der Waals surface area contributed by atoms with E-state index in [1.807, 2.05) is 38.1 Å². The first kappa shape index (κ1) is 14.9. The van der Waals surface area contributed by atoms with Crippen LogP contribution in [0.25, 0.3) is 11.3 Å². The molecule has 21 heavy (non-hydrogen) atoms. The molecule has 0 amide bonds. The van der Waals surface area contributed by atoms with E-state index in [0.29, 0.717) is 17.3 Å². The van der Waals surface area contributed by atoms with Crippen molar-refractivity contribution < 1.29 is 4.92 Å². The molecule has 0 radical (unpaired) electrons. The van der Waals surface area contributed by atoms with Gasteiger partial charge < -0.3 is 5.32 Å². The monoisotopic (exact) mass is 286 g/mol. The van der Waals surface area contributed by atoms with E-state index in [0.717, 1.165) is 24.1 Å². The Balaban J connectivity index is 2.56. The molecule has 6 heteroatoms. The molecule has 0 atom stereocenters. The number of rotatable bonds is 5. The summed E-state index contributed by atoms with van der Waals surface area (Å²) in [5.41, 5.74) is 2.49. The zero-order chi connectivity index (χ0) is 15.4. The molecule has 0 fully saturated rings. The third-order valence-electron chi connectivity index (χ3n) is 3.10. The van der Waals surface area contributed by atoms with Gasteiger partial charge in [-0.15, -0.1) is 0 Å². The molecule has 2 aromatic rings. The number of nitrogens with one attached hydrogen (secondary N) is 1. The molecule has 6 nitrogen and oxygen atoms in total. The number of anilines is 1. The van der Waals surface area contributed by atoms with Gasteiger partial charge in [0.15, 0.2) is 5.69 Å². The lowest BCUT2D eigenvalue weighted by molar-refractivity contribution is -0.385. The summed E-state index contributed by atoms with van der Waals surface area (Å²) in [5.74, 6) is 0.426. The van der Waals surface area contributed by atoms with E-state index >= 15 is 0 Å². The maximum atomic E-state index is 11.3. The van der Waals surface area contributed by atoms with Crippen LogP contribution in [0, 0.1) is 24.0 Å². The number of aryl methyl sites for hydroxylation is 2. The third-order valence-corrected chi connectivity index (χ3v) is 3.10. The Kier molecular flexibility index (Phi) is 4.47. The summed E-state index contributed by atoms with van der Waals surface area (Å²) in [6.07, 6.45) is 0.930. The van der Waals surface area contributed by atoms with Crippen molar-refractivity contribution in [2.24, 2.45) is 0 Å². The fraction of sp³-hybridized carbons (Fsp3) is 0.333. The van der Waals surface area contributed by atoms with Gasteiger partial charge in [0, 0.05) is 12.1 Å². The van der Waals surface area contributed by atoms with E-state index in [1.165, 1.54) is 0 Å². The molecule has 0 bridgehead atoms. The number of aromatic nitrogens is 2. The average Bonchev–Trinajstić information content (AvgIpc) is 2.44. The number of benzene rings is 1. The van der Waals surface area contributed by atoms with Crippen molar-refractivity contribution in [3.63, 3.8) is 0 Å². The van der Waals surface area contributed by atoms with Crippen LogP contribution in [0.5, 0.6) is 0 Å².